The summed E-state index contributed by atoms with van der Waals surface area (Å²) in [6, 6.07) is 0.986. The average Bonchev–Trinajstić information content (AvgIpc) is 2.64. The molecule has 3 nitrogen and oxygen atoms in total. The molecule has 1 aromatic rings. The van der Waals surface area contributed by atoms with E-state index in [-0.39, 0.29) is 0 Å². The van der Waals surface area contributed by atoms with Crippen molar-refractivity contribution in [1.82, 2.24) is 4.90 Å². The van der Waals surface area contributed by atoms with Crippen LogP contribution in [0.2, 0.25) is 0 Å². The molecule has 2 aliphatic rings. The van der Waals surface area contributed by atoms with E-state index in [9.17, 15) is 9.90 Å². The van der Waals surface area contributed by atoms with Gasteiger partial charge in [-0.05, 0) is 47.8 Å². The van der Waals surface area contributed by atoms with Gasteiger partial charge in [0.15, 0.2) is 0 Å². The second-order valence-corrected chi connectivity index (χ2v) is 6.89. The zero-order valence-electron chi connectivity index (χ0n) is 8.86. The summed E-state index contributed by atoms with van der Waals surface area (Å²) >= 11 is 4.99. The topological polar surface area (TPSA) is 40.5 Å². The third-order valence-corrected chi connectivity index (χ3v) is 5.80. The van der Waals surface area contributed by atoms with Crippen LogP contribution in [0.25, 0.3) is 0 Å². The van der Waals surface area contributed by atoms with Gasteiger partial charge in [-0.3, -0.25) is 4.90 Å². The van der Waals surface area contributed by atoms with Crippen LogP contribution in [-0.2, 0) is 6.42 Å². The monoisotopic (exact) mass is 301 g/mol. The summed E-state index contributed by atoms with van der Waals surface area (Å²) in [7, 11) is 2.15. The molecule has 3 heterocycles. The highest BCUT2D eigenvalue weighted by Gasteiger charge is 2.41. The molecule has 0 radical (unpaired) electrons. The van der Waals surface area contributed by atoms with Gasteiger partial charge >= 0.3 is 5.97 Å². The number of hydrogen-bond acceptors (Lipinski definition) is 3. The zero-order valence-corrected chi connectivity index (χ0v) is 11.3. The Morgan fingerprint density at radius 2 is 2.31 bits per heavy atom. The maximum absolute atomic E-state index is 11.2. The number of aromatic carboxylic acids is 1. The van der Waals surface area contributed by atoms with Gasteiger partial charge < -0.3 is 5.11 Å². The second kappa shape index (κ2) is 3.55. The number of rotatable bonds is 1. The predicted octanol–water partition coefficient (Wildman–Crippen LogP) is 2.90. The molecule has 1 N–H and O–H groups in total. The maximum atomic E-state index is 11.2. The molecule has 0 saturated carbocycles. The van der Waals surface area contributed by atoms with Crippen molar-refractivity contribution in [2.45, 2.75) is 31.3 Å². The Kier molecular flexibility index (Phi) is 2.38. The standard InChI is InChI=1S/C11H12BrNO2S/c1-13-5-2-3-7(13)9-6(4-5)8(11(14)15)10(12)16-9/h5,7H,2-4H2,1H3,(H,14,15). The molecule has 2 bridgehead atoms. The zero-order chi connectivity index (χ0) is 11.4. The fraction of sp³-hybridized carbons (Fsp3) is 0.545. The molecular formula is C11H12BrNO2S. The largest absolute Gasteiger partial charge is 0.478 e. The van der Waals surface area contributed by atoms with Crippen LogP contribution in [0.3, 0.4) is 0 Å². The van der Waals surface area contributed by atoms with Crippen molar-refractivity contribution in [3.05, 3.63) is 19.8 Å². The summed E-state index contributed by atoms with van der Waals surface area (Å²) < 4.78 is 0.783. The molecule has 2 atom stereocenters. The molecule has 1 fully saturated rings. The van der Waals surface area contributed by atoms with Crippen molar-refractivity contribution in [3.8, 4) is 0 Å². The molecule has 86 valence electrons. The van der Waals surface area contributed by atoms with E-state index in [0.717, 1.165) is 15.8 Å². The summed E-state index contributed by atoms with van der Waals surface area (Å²) in [5.74, 6) is -0.798. The van der Waals surface area contributed by atoms with Crippen molar-refractivity contribution in [3.63, 3.8) is 0 Å². The minimum Gasteiger partial charge on any atom is -0.478 e. The molecule has 2 unspecified atom stereocenters. The van der Waals surface area contributed by atoms with Gasteiger partial charge in [0.1, 0.15) is 0 Å². The van der Waals surface area contributed by atoms with Gasteiger partial charge in [-0.1, -0.05) is 0 Å². The molecule has 1 aromatic heterocycles. The SMILES string of the molecule is CN1C2CCC1c1sc(Br)c(C(=O)O)c1C2. The highest BCUT2D eigenvalue weighted by Crippen LogP contribution is 2.49. The number of carbonyl (C=O) groups is 1. The maximum Gasteiger partial charge on any atom is 0.338 e. The predicted molar refractivity (Wildman–Crippen MR) is 66.2 cm³/mol. The number of hydrogen-bond donors (Lipinski definition) is 1. The Morgan fingerprint density at radius 1 is 1.56 bits per heavy atom. The normalized spacial score (nSPS) is 28.1. The van der Waals surface area contributed by atoms with E-state index < -0.39 is 5.97 Å². The van der Waals surface area contributed by atoms with Crippen LogP contribution in [0.5, 0.6) is 0 Å². The van der Waals surface area contributed by atoms with Crippen LogP contribution in [-0.4, -0.2) is 29.1 Å². The Hall–Kier alpha value is -0.390. The molecule has 0 aliphatic carbocycles. The number of nitrogens with zero attached hydrogens (tertiary/aromatic N) is 1. The van der Waals surface area contributed by atoms with Crippen molar-refractivity contribution in [2.75, 3.05) is 7.05 Å². The summed E-state index contributed by atoms with van der Waals surface area (Å²) in [6.07, 6.45) is 3.26. The van der Waals surface area contributed by atoms with Crippen molar-refractivity contribution < 1.29 is 9.90 Å². The van der Waals surface area contributed by atoms with Crippen LogP contribution >= 0.6 is 27.3 Å². The Bertz CT molecular complexity index is 471. The first kappa shape index (κ1) is 10.7. The van der Waals surface area contributed by atoms with Gasteiger partial charge in [0.25, 0.3) is 0 Å². The third kappa shape index (κ3) is 1.31. The van der Waals surface area contributed by atoms with Gasteiger partial charge in [-0.25, -0.2) is 4.79 Å². The van der Waals surface area contributed by atoms with Crippen molar-refractivity contribution in [2.24, 2.45) is 0 Å². The molecule has 16 heavy (non-hydrogen) atoms. The van der Waals surface area contributed by atoms with Crippen LogP contribution in [0, 0.1) is 0 Å². The Balaban J connectivity index is 2.16. The van der Waals surface area contributed by atoms with Crippen LogP contribution in [0.1, 0.15) is 39.7 Å². The first-order chi connectivity index (χ1) is 7.59. The molecule has 3 rings (SSSR count). The van der Waals surface area contributed by atoms with Gasteiger partial charge in [0.05, 0.1) is 9.35 Å². The van der Waals surface area contributed by atoms with Crippen LogP contribution < -0.4 is 0 Å². The van der Waals surface area contributed by atoms with Crippen LogP contribution in [0.4, 0.5) is 0 Å². The minimum absolute atomic E-state index is 0.447. The number of halogens is 1. The summed E-state index contributed by atoms with van der Waals surface area (Å²) in [5.41, 5.74) is 1.58. The van der Waals surface area contributed by atoms with Gasteiger partial charge in [0, 0.05) is 17.0 Å². The van der Waals surface area contributed by atoms with Gasteiger partial charge in [-0.15, -0.1) is 11.3 Å². The van der Waals surface area contributed by atoms with Crippen LogP contribution in [0.15, 0.2) is 3.79 Å². The fourth-order valence-electron chi connectivity index (χ4n) is 2.95. The van der Waals surface area contributed by atoms with E-state index in [4.69, 9.17) is 0 Å². The number of carboxylic acid groups (broad SMARTS) is 1. The molecule has 5 heteroatoms. The highest BCUT2D eigenvalue weighted by molar-refractivity contribution is 9.11. The highest BCUT2D eigenvalue weighted by atomic mass is 79.9. The number of carboxylic acids is 1. The smallest absolute Gasteiger partial charge is 0.338 e. The van der Waals surface area contributed by atoms with E-state index in [1.165, 1.54) is 17.7 Å². The number of fused-ring (bicyclic) bond motifs is 4. The molecule has 0 aromatic carbocycles. The lowest BCUT2D eigenvalue weighted by molar-refractivity contribution is 0.0694. The fourth-order valence-corrected chi connectivity index (χ4v) is 5.11. The minimum atomic E-state index is -0.798. The lowest BCUT2D eigenvalue weighted by Gasteiger charge is -2.31. The quantitative estimate of drug-likeness (QED) is 0.867. The molecule has 2 aliphatic heterocycles. The molecular weight excluding hydrogens is 290 g/mol. The average molecular weight is 302 g/mol. The first-order valence-electron chi connectivity index (χ1n) is 5.36. The van der Waals surface area contributed by atoms with E-state index in [1.54, 1.807) is 11.3 Å². The number of likely N-dealkylation sites (N-methyl/N-ethyl adjacent to an activating group) is 1. The third-order valence-electron chi connectivity index (χ3n) is 3.79. The summed E-state index contributed by atoms with van der Waals surface area (Å²) in [6.45, 7) is 0. The summed E-state index contributed by atoms with van der Waals surface area (Å²) in [4.78, 5) is 14.9. The lowest BCUT2D eigenvalue weighted by atomic mass is 9.98. The van der Waals surface area contributed by atoms with Crippen molar-refractivity contribution in [1.29, 1.82) is 0 Å². The van der Waals surface area contributed by atoms with E-state index in [1.807, 2.05) is 0 Å². The van der Waals surface area contributed by atoms with E-state index in [0.29, 0.717) is 17.6 Å². The molecule has 0 amide bonds. The van der Waals surface area contributed by atoms with E-state index >= 15 is 0 Å². The molecule has 0 spiro atoms. The van der Waals surface area contributed by atoms with Gasteiger partial charge in [0.2, 0.25) is 0 Å². The van der Waals surface area contributed by atoms with Gasteiger partial charge in [-0.2, -0.15) is 0 Å². The Labute approximate surface area is 106 Å². The first-order valence-corrected chi connectivity index (χ1v) is 6.97. The van der Waals surface area contributed by atoms with E-state index in [2.05, 4.69) is 27.9 Å². The Morgan fingerprint density at radius 3 is 3.00 bits per heavy atom. The molecule has 1 saturated heterocycles. The lowest BCUT2D eigenvalue weighted by Crippen LogP contribution is -2.33. The number of thiophene rings is 1. The van der Waals surface area contributed by atoms with Crippen molar-refractivity contribution >= 4 is 33.2 Å². The summed E-state index contributed by atoms with van der Waals surface area (Å²) in [5, 5.41) is 9.23. The second-order valence-electron chi connectivity index (χ2n) is 4.52.